The second kappa shape index (κ2) is 14.3. The molecule has 16 heteroatoms. The van der Waals surface area contributed by atoms with Crippen LogP contribution in [-0.2, 0) is 30.8 Å². The van der Waals surface area contributed by atoms with Crippen LogP contribution in [0.15, 0.2) is 71.9 Å². The molecule has 0 aliphatic carbocycles. The largest absolute Gasteiger partial charge is 0.573 e. The molecule has 0 bridgehead atoms. The van der Waals surface area contributed by atoms with Gasteiger partial charge in [0, 0.05) is 43.3 Å². The molecule has 0 spiro atoms. The molecule has 0 radical (unpaired) electrons. The molecule has 1 atom stereocenters. The lowest BCUT2D eigenvalue weighted by atomic mass is 10.2. The molecule has 2 amide bonds. The number of carbonyl (C=O) groups excluding carboxylic acids is 2. The molecule has 0 aliphatic heterocycles. The monoisotopic (exact) mass is 617 g/mol. The van der Waals surface area contributed by atoms with Gasteiger partial charge >= 0.3 is 6.36 Å². The fraction of sp³-hybridized carbons (Fsp3) is 0.286. The van der Waals surface area contributed by atoms with E-state index in [0.717, 1.165) is 16.8 Å². The van der Waals surface area contributed by atoms with Gasteiger partial charge in [0.2, 0.25) is 11.8 Å². The Morgan fingerprint density at radius 1 is 1.09 bits per heavy atom. The first-order valence-electron chi connectivity index (χ1n) is 13.1. The first kappa shape index (κ1) is 31.7. The molecule has 0 fully saturated rings. The first-order valence-corrected chi connectivity index (χ1v) is 13.1. The van der Waals surface area contributed by atoms with Crippen molar-refractivity contribution in [1.82, 2.24) is 29.9 Å². The van der Waals surface area contributed by atoms with Crippen LogP contribution in [0, 0.1) is 0 Å². The minimum Gasteiger partial charge on any atom is -0.481 e. The summed E-state index contributed by atoms with van der Waals surface area (Å²) in [7, 11) is 1.49. The molecular formula is C28H27F4N7O5. The van der Waals surface area contributed by atoms with E-state index in [-0.39, 0.29) is 44.1 Å². The normalized spacial score (nSPS) is 11.9. The average Bonchev–Trinajstić information content (AvgIpc) is 3.43. The van der Waals surface area contributed by atoms with Gasteiger partial charge in [0.25, 0.3) is 11.5 Å². The van der Waals surface area contributed by atoms with E-state index in [4.69, 9.17) is 4.74 Å². The first-order chi connectivity index (χ1) is 21.0. The predicted molar refractivity (Wildman–Crippen MR) is 148 cm³/mol. The number of hydrogen-bond acceptors (Lipinski definition) is 8. The number of hydrogen-bond donors (Lipinski definition) is 2. The van der Waals surface area contributed by atoms with Crippen LogP contribution in [0.5, 0.6) is 11.6 Å². The Bertz CT molecular complexity index is 1640. The number of anilines is 1. The van der Waals surface area contributed by atoms with Crippen LogP contribution in [0.4, 0.5) is 23.2 Å². The SMILES string of the molecule is COc1ccc(CC(=O)Nc2ccn(CCC(F)Cn3cc(C(=O)NCc4cccc(OC(F)(F)F)c4)nn3)c(=O)c2)cn1. The van der Waals surface area contributed by atoms with Crippen LogP contribution in [0.2, 0.25) is 0 Å². The van der Waals surface area contributed by atoms with Crippen molar-refractivity contribution in [2.45, 2.75) is 45.0 Å². The molecule has 0 saturated heterocycles. The van der Waals surface area contributed by atoms with E-state index in [1.54, 1.807) is 12.1 Å². The van der Waals surface area contributed by atoms with Crippen molar-refractivity contribution in [1.29, 1.82) is 0 Å². The van der Waals surface area contributed by atoms with Crippen LogP contribution in [-0.4, -0.2) is 56.0 Å². The quantitative estimate of drug-likeness (QED) is 0.218. The predicted octanol–water partition coefficient (Wildman–Crippen LogP) is 3.28. The van der Waals surface area contributed by atoms with Gasteiger partial charge < -0.3 is 24.7 Å². The fourth-order valence-electron chi connectivity index (χ4n) is 3.99. The lowest BCUT2D eigenvalue weighted by Crippen LogP contribution is -2.24. The topological polar surface area (TPSA) is 142 Å². The van der Waals surface area contributed by atoms with Gasteiger partial charge in [-0.25, -0.2) is 14.1 Å². The van der Waals surface area contributed by atoms with Crippen LogP contribution in [0.1, 0.15) is 28.0 Å². The summed E-state index contributed by atoms with van der Waals surface area (Å²) in [5, 5.41) is 12.6. The number of methoxy groups -OCH3 is 1. The number of nitrogens with one attached hydrogen (secondary N) is 2. The second-order valence-electron chi connectivity index (χ2n) is 9.47. The van der Waals surface area contributed by atoms with Crippen molar-refractivity contribution < 1.29 is 36.6 Å². The Hall–Kier alpha value is -5.28. The van der Waals surface area contributed by atoms with Crippen molar-refractivity contribution in [2.75, 3.05) is 12.4 Å². The summed E-state index contributed by atoms with van der Waals surface area (Å²) < 4.78 is 63.2. The summed E-state index contributed by atoms with van der Waals surface area (Å²) in [6.07, 6.45) is -2.08. The van der Waals surface area contributed by atoms with E-state index in [1.807, 2.05) is 0 Å². The highest BCUT2D eigenvalue weighted by atomic mass is 19.4. The molecule has 44 heavy (non-hydrogen) atoms. The van der Waals surface area contributed by atoms with Crippen molar-refractivity contribution >= 4 is 17.5 Å². The zero-order chi connectivity index (χ0) is 31.7. The highest BCUT2D eigenvalue weighted by Gasteiger charge is 2.31. The molecule has 2 N–H and O–H groups in total. The van der Waals surface area contributed by atoms with Crippen LogP contribution in [0.3, 0.4) is 0 Å². The number of alkyl halides is 4. The Labute approximate surface area is 247 Å². The number of aryl methyl sites for hydroxylation is 1. The van der Waals surface area contributed by atoms with Crippen molar-refractivity contribution in [2.24, 2.45) is 0 Å². The van der Waals surface area contributed by atoms with Gasteiger partial charge in [-0.05, 0) is 35.7 Å². The number of benzene rings is 1. The fourth-order valence-corrected chi connectivity index (χ4v) is 3.99. The minimum atomic E-state index is -4.84. The number of halogens is 4. The van der Waals surface area contributed by atoms with E-state index in [1.165, 1.54) is 54.5 Å². The van der Waals surface area contributed by atoms with E-state index >= 15 is 0 Å². The molecule has 232 valence electrons. The van der Waals surface area contributed by atoms with E-state index in [0.29, 0.717) is 22.7 Å². The number of rotatable bonds is 13. The molecule has 4 aromatic rings. The van der Waals surface area contributed by atoms with Gasteiger partial charge in [-0.2, -0.15) is 0 Å². The smallest absolute Gasteiger partial charge is 0.481 e. The van der Waals surface area contributed by atoms with E-state index in [9.17, 15) is 31.9 Å². The minimum absolute atomic E-state index is 0.0456. The Morgan fingerprint density at radius 2 is 1.91 bits per heavy atom. The lowest BCUT2D eigenvalue weighted by molar-refractivity contribution is -0.274. The molecule has 3 heterocycles. The third kappa shape index (κ3) is 9.64. The Morgan fingerprint density at radius 3 is 2.61 bits per heavy atom. The zero-order valence-electron chi connectivity index (χ0n) is 23.3. The maximum absolute atomic E-state index is 14.7. The third-order valence-corrected chi connectivity index (χ3v) is 6.08. The molecule has 1 unspecified atom stereocenters. The molecule has 4 rings (SSSR count). The van der Waals surface area contributed by atoms with E-state index < -0.39 is 29.7 Å². The van der Waals surface area contributed by atoms with Crippen molar-refractivity contribution in [3.8, 4) is 11.6 Å². The highest BCUT2D eigenvalue weighted by molar-refractivity contribution is 5.92. The van der Waals surface area contributed by atoms with Crippen molar-refractivity contribution in [3.05, 3.63) is 94.3 Å². The average molecular weight is 618 g/mol. The summed E-state index contributed by atoms with van der Waals surface area (Å²) >= 11 is 0. The van der Waals surface area contributed by atoms with Gasteiger partial charge in [0.05, 0.1) is 26.3 Å². The van der Waals surface area contributed by atoms with Crippen molar-refractivity contribution in [3.63, 3.8) is 0 Å². The molecule has 3 aromatic heterocycles. The molecule has 0 saturated carbocycles. The maximum atomic E-state index is 14.7. The zero-order valence-corrected chi connectivity index (χ0v) is 23.3. The summed E-state index contributed by atoms with van der Waals surface area (Å²) in [5.74, 6) is -1.00. The van der Waals surface area contributed by atoms with E-state index in [2.05, 4.69) is 30.7 Å². The van der Waals surface area contributed by atoms with Crippen LogP contribution >= 0.6 is 0 Å². The summed E-state index contributed by atoms with van der Waals surface area (Å²) in [5.41, 5.74) is 0.765. The second-order valence-corrected chi connectivity index (χ2v) is 9.47. The Balaban J connectivity index is 1.22. The number of amides is 2. The number of ether oxygens (including phenoxy) is 2. The highest BCUT2D eigenvalue weighted by Crippen LogP contribution is 2.23. The number of pyridine rings is 2. The summed E-state index contributed by atoms with van der Waals surface area (Å²) in [6, 6.07) is 11.2. The number of aromatic nitrogens is 5. The van der Waals surface area contributed by atoms with Gasteiger partial charge in [0.15, 0.2) is 5.69 Å². The summed E-state index contributed by atoms with van der Waals surface area (Å²) in [6.45, 7) is -0.297. The summed E-state index contributed by atoms with van der Waals surface area (Å²) in [4.78, 5) is 41.2. The molecule has 0 aliphatic rings. The number of nitrogens with zero attached hydrogens (tertiary/aromatic N) is 5. The third-order valence-electron chi connectivity index (χ3n) is 6.08. The number of carbonyl (C=O) groups is 2. The van der Waals surface area contributed by atoms with Crippen LogP contribution in [0.25, 0.3) is 0 Å². The maximum Gasteiger partial charge on any atom is 0.573 e. The lowest BCUT2D eigenvalue weighted by Gasteiger charge is -2.11. The van der Waals surface area contributed by atoms with Gasteiger partial charge in [-0.1, -0.05) is 23.4 Å². The van der Waals surface area contributed by atoms with Gasteiger partial charge in [0.1, 0.15) is 11.9 Å². The Kier molecular flexibility index (Phi) is 10.3. The van der Waals surface area contributed by atoms with Crippen LogP contribution < -0.4 is 25.7 Å². The van der Waals surface area contributed by atoms with Gasteiger partial charge in [-0.15, -0.1) is 18.3 Å². The molecular weight excluding hydrogens is 590 g/mol. The standard InChI is InChI=1S/C28H27F4N7O5/c1-43-25-6-5-19(14-33-25)12-24(40)35-21-8-10-38(26(41)13-21)9-7-20(29)16-39-17-23(36-37-39)27(42)34-15-18-3-2-4-22(11-18)44-28(30,31)32/h2-6,8,10-11,13-14,17,20H,7,9,12,15-16H2,1H3,(H,34,42)(H,35,40). The molecule has 12 nitrogen and oxygen atoms in total. The van der Waals surface area contributed by atoms with Gasteiger partial charge in [-0.3, -0.25) is 14.4 Å². The molecule has 1 aromatic carbocycles.